The maximum Gasteiger partial charge on any atom is 0.00390 e. The van der Waals surface area contributed by atoms with Crippen molar-refractivity contribution in [1.29, 1.82) is 0 Å². The summed E-state index contributed by atoms with van der Waals surface area (Å²) in [5.41, 5.74) is 5.93. The summed E-state index contributed by atoms with van der Waals surface area (Å²) in [5.74, 6) is 2.11. The van der Waals surface area contributed by atoms with Gasteiger partial charge in [-0.15, -0.1) is 0 Å². The standard InChI is InChI=1S/C12H23N/c13-12-8-6-11(7-9-12)10-4-2-1-3-5-10/h10-12H,1-9,13H2/t11-,12-. The lowest BCUT2D eigenvalue weighted by atomic mass is 9.72. The molecular weight excluding hydrogens is 158 g/mol. The summed E-state index contributed by atoms with van der Waals surface area (Å²) in [6.07, 6.45) is 12.9. The SMILES string of the molecule is N[C@H]1CC[C@H](C2CCCCC2)CC1. The third-order valence-corrected chi connectivity index (χ3v) is 4.13. The van der Waals surface area contributed by atoms with Gasteiger partial charge >= 0.3 is 0 Å². The van der Waals surface area contributed by atoms with Gasteiger partial charge in [0, 0.05) is 6.04 Å². The molecule has 76 valence electrons. The molecule has 2 aliphatic carbocycles. The highest BCUT2D eigenvalue weighted by molar-refractivity contribution is 4.80. The topological polar surface area (TPSA) is 26.0 Å². The molecule has 2 N–H and O–H groups in total. The first kappa shape index (κ1) is 9.51. The molecule has 13 heavy (non-hydrogen) atoms. The molecule has 0 spiro atoms. The molecule has 0 amide bonds. The molecule has 0 saturated heterocycles. The van der Waals surface area contributed by atoms with Crippen LogP contribution >= 0.6 is 0 Å². The van der Waals surface area contributed by atoms with Gasteiger partial charge in [-0.05, 0) is 37.5 Å². The van der Waals surface area contributed by atoms with Crippen molar-refractivity contribution in [2.24, 2.45) is 17.6 Å². The lowest BCUT2D eigenvalue weighted by molar-refractivity contribution is 0.186. The minimum Gasteiger partial charge on any atom is -0.328 e. The minimum atomic E-state index is 0.528. The lowest BCUT2D eigenvalue weighted by Crippen LogP contribution is -2.30. The van der Waals surface area contributed by atoms with Crippen molar-refractivity contribution in [3.05, 3.63) is 0 Å². The van der Waals surface area contributed by atoms with E-state index in [0.717, 1.165) is 11.8 Å². The number of nitrogens with two attached hydrogens (primary N) is 1. The fourth-order valence-electron chi connectivity index (χ4n) is 3.22. The Kier molecular flexibility index (Phi) is 3.26. The van der Waals surface area contributed by atoms with E-state index in [-0.39, 0.29) is 0 Å². The van der Waals surface area contributed by atoms with Gasteiger partial charge in [0.1, 0.15) is 0 Å². The summed E-state index contributed by atoms with van der Waals surface area (Å²) < 4.78 is 0. The molecule has 0 aliphatic heterocycles. The third-order valence-electron chi connectivity index (χ3n) is 4.13. The average molecular weight is 181 g/mol. The van der Waals surface area contributed by atoms with Gasteiger partial charge in [-0.1, -0.05) is 32.1 Å². The van der Waals surface area contributed by atoms with Crippen molar-refractivity contribution in [2.75, 3.05) is 0 Å². The van der Waals surface area contributed by atoms with Crippen molar-refractivity contribution in [3.8, 4) is 0 Å². The highest BCUT2D eigenvalue weighted by Crippen LogP contribution is 2.37. The Balaban J connectivity index is 1.79. The van der Waals surface area contributed by atoms with Crippen LogP contribution in [-0.2, 0) is 0 Å². The van der Waals surface area contributed by atoms with Crippen LogP contribution in [0.3, 0.4) is 0 Å². The number of hydrogen-bond acceptors (Lipinski definition) is 1. The highest BCUT2D eigenvalue weighted by Gasteiger charge is 2.26. The minimum absolute atomic E-state index is 0.528. The zero-order valence-corrected chi connectivity index (χ0v) is 8.67. The second-order valence-corrected chi connectivity index (χ2v) is 5.07. The summed E-state index contributed by atoms with van der Waals surface area (Å²) in [5, 5.41) is 0. The van der Waals surface area contributed by atoms with Gasteiger partial charge < -0.3 is 5.73 Å². The molecule has 0 bridgehead atoms. The maximum atomic E-state index is 5.93. The molecule has 0 aromatic rings. The molecule has 2 fully saturated rings. The van der Waals surface area contributed by atoms with Crippen LogP contribution in [-0.4, -0.2) is 6.04 Å². The summed E-state index contributed by atoms with van der Waals surface area (Å²) in [6, 6.07) is 0.528. The number of rotatable bonds is 1. The fourth-order valence-corrected chi connectivity index (χ4v) is 3.22. The first-order valence-corrected chi connectivity index (χ1v) is 6.12. The molecule has 0 atom stereocenters. The van der Waals surface area contributed by atoms with E-state index in [1.807, 2.05) is 0 Å². The Morgan fingerprint density at radius 1 is 0.615 bits per heavy atom. The van der Waals surface area contributed by atoms with E-state index < -0.39 is 0 Å². The van der Waals surface area contributed by atoms with Crippen LogP contribution in [0.15, 0.2) is 0 Å². The van der Waals surface area contributed by atoms with Crippen molar-refractivity contribution in [3.63, 3.8) is 0 Å². The van der Waals surface area contributed by atoms with Gasteiger partial charge in [-0.3, -0.25) is 0 Å². The van der Waals surface area contributed by atoms with Crippen LogP contribution in [0.25, 0.3) is 0 Å². The molecule has 0 radical (unpaired) electrons. The molecule has 1 nitrogen and oxygen atoms in total. The Labute approximate surface area is 82.1 Å². The van der Waals surface area contributed by atoms with E-state index in [9.17, 15) is 0 Å². The van der Waals surface area contributed by atoms with E-state index in [1.165, 1.54) is 57.8 Å². The third kappa shape index (κ3) is 2.46. The maximum absolute atomic E-state index is 5.93. The van der Waals surface area contributed by atoms with E-state index in [4.69, 9.17) is 5.73 Å². The first-order chi connectivity index (χ1) is 6.36. The zero-order valence-electron chi connectivity index (χ0n) is 8.67. The quantitative estimate of drug-likeness (QED) is 0.661. The van der Waals surface area contributed by atoms with E-state index >= 15 is 0 Å². The van der Waals surface area contributed by atoms with Gasteiger partial charge in [0.15, 0.2) is 0 Å². The monoisotopic (exact) mass is 181 g/mol. The predicted octanol–water partition coefficient (Wildman–Crippen LogP) is 3.08. The molecule has 0 unspecified atom stereocenters. The molecule has 2 aliphatic rings. The van der Waals surface area contributed by atoms with E-state index in [2.05, 4.69) is 0 Å². The second kappa shape index (κ2) is 4.45. The van der Waals surface area contributed by atoms with Crippen LogP contribution in [0.5, 0.6) is 0 Å². The number of hydrogen-bond donors (Lipinski definition) is 1. The Morgan fingerprint density at radius 2 is 1.15 bits per heavy atom. The van der Waals surface area contributed by atoms with E-state index in [1.54, 1.807) is 0 Å². The van der Waals surface area contributed by atoms with Crippen LogP contribution < -0.4 is 5.73 Å². The van der Waals surface area contributed by atoms with Crippen LogP contribution in [0, 0.1) is 11.8 Å². The summed E-state index contributed by atoms with van der Waals surface area (Å²) in [6.45, 7) is 0. The van der Waals surface area contributed by atoms with Crippen molar-refractivity contribution >= 4 is 0 Å². The highest BCUT2D eigenvalue weighted by atomic mass is 14.6. The summed E-state index contributed by atoms with van der Waals surface area (Å²) >= 11 is 0. The molecule has 1 heteroatoms. The largest absolute Gasteiger partial charge is 0.328 e. The van der Waals surface area contributed by atoms with E-state index in [0.29, 0.717) is 6.04 Å². The zero-order chi connectivity index (χ0) is 9.10. The van der Waals surface area contributed by atoms with Crippen molar-refractivity contribution in [2.45, 2.75) is 63.8 Å². The smallest absolute Gasteiger partial charge is 0.00390 e. The average Bonchev–Trinajstić information content (AvgIpc) is 2.20. The molecule has 0 aromatic heterocycles. The lowest BCUT2D eigenvalue weighted by Gasteiger charge is -2.34. The van der Waals surface area contributed by atoms with Gasteiger partial charge in [-0.25, -0.2) is 0 Å². The Bertz CT molecular complexity index is 141. The Morgan fingerprint density at radius 3 is 1.77 bits per heavy atom. The fraction of sp³-hybridized carbons (Fsp3) is 1.00. The van der Waals surface area contributed by atoms with Gasteiger partial charge in [0.25, 0.3) is 0 Å². The summed E-state index contributed by atoms with van der Waals surface area (Å²) in [7, 11) is 0. The van der Waals surface area contributed by atoms with Gasteiger partial charge in [0.2, 0.25) is 0 Å². The van der Waals surface area contributed by atoms with Crippen LogP contribution in [0.1, 0.15) is 57.8 Å². The van der Waals surface area contributed by atoms with Crippen molar-refractivity contribution < 1.29 is 0 Å². The van der Waals surface area contributed by atoms with Crippen LogP contribution in [0.4, 0.5) is 0 Å². The van der Waals surface area contributed by atoms with Crippen molar-refractivity contribution in [1.82, 2.24) is 0 Å². The Hall–Kier alpha value is -0.0400. The van der Waals surface area contributed by atoms with Gasteiger partial charge in [0.05, 0.1) is 0 Å². The molecule has 0 heterocycles. The predicted molar refractivity (Wildman–Crippen MR) is 56.5 cm³/mol. The molecular formula is C12H23N. The first-order valence-electron chi connectivity index (χ1n) is 6.12. The normalized spacial score (nSPS) is 37.6. The molecule has 2 saturated carbocycles. The summed E-state index contributed by atoms with van der Waals surface area (Å²) in [4.78, 5) is 0. The second-order valence-electron chi connectivity index (χ2n) is 5.07. The molecule has 2 rings (SSSR count). The molecule has 0 aromatic carbocycles. The van der Waals surface area contributed by atoms with Crippen LogP contribution in [0.2, 0.25) is 0 Å². The van der Waals surface area contributed by atoms with Gasteiger partial charge in [-0.2, -0.15) is 0 Å².